The zero-order valence-corrected chi connectivity index (χ0v) is 12.4. The van der Waals surface area contributed by atoms with Crippen LogP contribution in [0.4, 0.5) is 0 Å². The predicted molar refractivity (Wildman–Crippen MR) is 75.3 cm³/mol. The van der Waals surface area contributed by atoms with Gasteiger partial charge in [-0.3, -0.25) is 9.59 Å². The van der Waals surface area contributed by atoms with Crippen LogP contribution in [0.25, 0.3) is 0 Å². The van der Waals surface area contributed by atoms with Gasteiger partial charge in [-0.25, -0.2) is 0 Å². The average Bonchev–Trinajstić information content (AvgIpc) is 2.44. The van der Waals surface area contributed by atoms with Crippen molar-refractivity contribution in [3.8, 4) is 0 Å². The molecule has 4 nitrogen and oxygen atoms in total. The topological polar surface area (TPSA) is 74.6 Å². The first-order chi connectivity index (χ1) is 9.51. The van der Waals surface area contributed by atoms with Crippen molar-refractivity contribution in [3.63, 3.8) is 0 Å². The van der Waals surface area contributed by atoms with Crippen molar-refractivity contribution >= 4 is 11.9 Å². The fraction of sp³-hybridized carbons (Fsp3) is 0.875. The summed E-state index contributed by atoms with van der Waals surface area (Å²) in [5.74, 6) is -1.26. The molecule has 2 saturated carbocycles. The van der Waals surface area contributed by atoms with E-state index in [0.29, 0.717) is 11.8 Å². The van der Waals surface area contributed by atoms with Crippen molar-refractivity contribution in [1.82, 2.24) is 0 Å². The Kier molecular flexibility index (Phi) is 4.71. The van der Waals surface area contributed by atoms with Gasteiger partial charge in [0.1, 0.15) is 0 Å². The van der Waals surface area contributed by atoms with Crippen molar-refractivity contribution in [2.24, 2.45) is 35.5 Å². The molecule has 6 atom stereocenters. The standard InChI is InChI=1S/C16H26O4/c1-3-9-8-13(16(19)20)11-6-5-7-12(15(17)18)14(11)10(9)4-2/h9-14H,3-8H2,1-2H3,(H,17,18)(H,19,20). The lowest BCUT2D eigenvalue weighted by molar-refractivity contribution is -0.160. The van der Waals surface area contributed by atoms with Crippen LogP contribution < -0.4 is 0 Å². The van der Waals surface area contributed by atoms with E-state index >= 15 is 0 Å². The van der Waals surface area contributed by atoms with Gasteiger partial charge in [0.2, 0.25) is 0 Å². The fourth-order valence-corrected chi connectivity index (χ4v) is 4.98. The van der Waals surface area contributed by atoms with E-state index in [2.05, 4.69) is 13.8 Å². The van der Waals surface area contributed by atoms with Gasteiger partial charge in [0.15, 0.2) is 0 Å². The second-order valence-electron chi connectivity index (χ2n) is 6.54. The van der Waals surface area contributed by atoms with E-state index in [-0.39, 0.29) is 23.7 Å². The third-order valence-corrected chi connectivity index (χ3v) is 5.82. The van der Waals surface area contributed by atoms with Crippen LogP contribution >= 0.6 is 0 Å². The van der Waals surface area contributed by atoms with Gasteiger partial charge in [-0.05, 0) is 42.9 Å². The molecule has 0 radical (unpaired) electrons. The molecular formula is C16H26O4. The van der Waals surface area contributed by atoms with Crippen LogP contribution in [0.1, 0.15) is 52.4 Å². The van der Waals surface area contributed by atoms with Gasteiger partial charge in [-0.15, -0.1) is 0 Å². The summed E-state index contributed by atoms with van der Waals surface area (Å²) in [6.07, 6.45) is 5.12. The molecule has 2 aliphatic carbocycles. The number of carbonyl (C=O) groups is 2. The molecule has 2 fully saturated rings. The number of hydrogen-bond donors (Lipinski definition) is 2. The highest BCUT2D eigenvalue weighted by Gasteiger charge is 2.51. The van der Waals surface area contributed by atoms with Gasteiger partial charge in [0.05, 0.1) is 11.8 Å². The summed E-state index contributed by atoms with van der Waals surface area (Å²) in [7, 11) is 0. The zero-order chi connectivity index (χ0) is 14.9. The quantitative estimate of drug-likeness (QED) is 0.830. The van der Waals surface area contributed by atoms with Crippen LogP contribution in [0.2, 0.25) is 0 Å². The first-order valence-electron chi connectivity index (χ1n) is 7.96. The molecule has 20 heavy (non-hydrogen) atoms. The van der Waals surface area contributed by atoms with Gasteiger partial charge in [0, 0.05) is 0 Å². The summed E-state index contributed by atoms with van der Waals surface area (Å²) in [6.45, 7) is 4.23. The maximum absolute atomic E-state index is 11.6. The van der Waals surface area contributed by atoms with Crippen LogP contribution in [-0.4, -0.2) is 22.2 Å². The Hall–Kier alpha value is -1.06. The summed E-state index contributed by atoms with van der Waals surface area (Å²) in [5.41, 5.74) is 0. The Bertz CT molecular complexity index is 367. The molecule has 2 N–H and O–H groups in total. The van der Waals surface area contributed by atoms with E-state index in [9.17, 15) is 19.8 Å². The van der Waals surface area contributed by atoms with Crippen molar-refractivity contribution in [1.29, 1.82) is 0 Å². The van der Waals surface area contributed by atoms with Crippen molar-refractivity contribution in [2.75, 3.05) is 0 Å². The molecule has 2 aliphatic rings. The molecule has 0 aromatic heterocycles. The molecule has 0 saturated heterocycles. The van der Waals surface area contributed by atoms with Crippen LogP contribution in [0.15, 0.2) is 0 Å². The van der Waals surface area contributed by atoms with E-state index < -0.39 is 11.9 Å². The SMILES string of the molecule is CCC1CC(C(=O)O)C2CCCC(C(=O)O)C2C1CC. The van der Waals surface area contributed by atoms with Crippen LogP contribution in [0.3, 0.4) is 0 Å². The molecule has 0 bridgehead atoms. The summed E-state index contributed by atoms with van der Waals surface area (Å²) in [5, 5.41) is 19.1. The third-order valence-electron chi connectivity index (χ3n) is 5.82. The normalized spacial score (nSPS) is 40.9. The van der Waals surface area contributed by atoms with E-state index in [4.69, 9.17) is 0 Å². The third kappa shape index (κ3) is 2.57. The van der Waals surface area contributed by atoms with Crippen molar-refractivity contribution < 1.29 is 19.8 Å². The molecule has 0 heterocycles. The molecule has 6 unspecified atom stereocenters. The van der Waals surface area contributed by atoms with Gasteiger partial charge in [-0.2, -0.15) is 0 Å². The van der Waals surface area contributed by atoms with Crippen LogP contribution in [-0.2, 0) is 9.59 Å². The number of fused-ring (bicyclic) bond motifs is 1. The second-order valence-corrected chi connectivity index (χ2v) is 6.54. The molecular weight excluding hydrogens is 256 g/mol. The van der Waals surface area contributed by atoms with Crippen molar-refractivity contribution in [2.45, 2.75) is 52.4 Å². The molecule has 4 heteroatoms. The minimum absolute atomic E-state index is 0.0612. The molecule has 114 valence electrons. The van der Waals surface area contributed by atoms with Gasteiger partial charge < -0.3 is 10.2 Å². The zero-order valence-electron chi connectivity index (χ0n) is 12.4. The molecule has 0 aliphatic heterocycles. The number of aliphatic carboxylic acids is 2. The lowest BCUT2D eigenvalue weighted by Crippen LogP contribution is -2.49. The van der Waals surface area contributed by atoms with E-state index in [1.165, 1.54) is 0 Å². The summed E-state index contributed by atoms with van der Waals surface area (Å²) in [4.78, 5) is 23.2. The highest BCUT2D eigenvalue weighted by molar-refractivity contribution is 5.73. The Morgan fingerprint density at radius 1 is 1.00 bits per heavy atom. The maximum Gasteiger partial charge on any atom is 0.306 e. The number of carboxylic acids is 2. The Balaban J connectivity index is 2.35. The van der Waals surface area contributed by atoms with Gasteiger partial charge >= 0.3 is 11.9 Å². The largest absolute Gasteiger partial charge is 0.481 e. The first kappa shape index (κ1) is 15.3. The Morgan fingerprint density at radius 2 is 1.65 bits per heavy atom. The predicted octanol–water partition coefficient (Wildman–Crippen LogP) is 3.26. The van der Waals surface area contributed by atoms with Gasteiger partial charge in [0.25, 0.3) is 0 Å². The molecule has 0 aromatic carbocycles. The van der Waals surface area contributed by atoms with Gasteiger partial charge in [-0.1, -0.05) is 33.1 Å². The van der Waals surface area contributed by atoms with E-state index in [1.807, 2.05) is 0 Å². The minimum atomic E-state index is -0.723. The maximum atomic E-state index is 11.6. The number of rotatable bonds is 4. The van der Waals surface area contributed by atoms with Crippen molar-refractivity contribution in [3.05, 3.63) is 0 Å². The molecule has 0 amide bonds. The molecule has 0 spiro atoms. The summed E-state index contributed by atoms with van der Waals surface area (Å²) < 4.78 is 0. The lowest BCUT2D eigenvalue weighted by atomic mass is 9.53. The number of hydrogen-bond acceptors (Lipinski definition) is 2. The minimum Gasteiger partial charge on any atom is -0.481 e. The monoisotopic (exact) mass is 282 g/mol. The van der Waals surface area contributed by atoms with Crippen LogP contribution in [0, 0.1) is 35.5 Å². The summed E-state index contributed by atoms with van der Waals surface area (Å²) in [6, 6.07) is 0. The smallest absolute Gasteiger partial charge is 0.306 e. The Labute approximate surface area is 120 Å². The number of carboxylic acid groups (broad SMARTS) is 2. The Morgan fingerprint density at radius 3 is 2.15 bits per heavy atom. The average molecular weight is 282 g/mol. The fourth-order valence-electron chi connectivity index (χ4n) is 4.98. The first-order valence-corrected chi connectivity index (χ1v) is 7.96. The highest BCUT2D eigenvalue weighted by atomic mass is 16.4. The lowest BCUT2D eigenvalue weighted by Gasteiger charge is -2.50. The molecule has 2 rings (SSSR count). The van der Waals surface area contributed by atoms with E-state index in [1.54, 1.807) is 0 Å². The highest BCUT2D eigenvalue weighted by Crippen LogP contribution is 2.53. The van der Waals surface area contributed by atoms with E-state index in [0.717, 1.165) is 38.5 Å². The second kappa shape index (κ2) is 6.15. The summed E-state index contributed by atoms with van der Waals surface area (Å²) >= 11 is 0. The molecule has 0 aromatic rings. The van der Waals surface area contributed by atoms with Crippen LogP contribution in [0.5, 0.6) is 0 Å².